The Morgan fingerprint density at radius 3 is 2.73 bits per heavy atom. The number of ether oxygens (including phenoxy) is 1. The van der Waals surface area contributed by atoms with E-state index in [4.69, 9.17) is 4.74 Å². The van der Waals surface area contributed by atoms with Crippen LogP contribution in [0.15, 0.2) is 35.7 Å². The molecule has 1 aromatic heterocycles. The van der Waals surface area contributed by atoms with Crippen LogP contribution in [0.25, 0.3) is 0 Å². The Hall–Kier alpha value is -2.34. The largest absolute Gasteiger partial charge is 0.465 e. The minimum Gasteiger partial charge on any atom is -0.465 e. The summed E-state index contributed by atoms with van der Waals surface area (Å²) in [4.78, 5) is 27.8. The SMILES string of the molecule is COC(=O)c1ccc(N2CCCC2)c(NC(=O)CCCc2cccs2)c1. The zero-order valence-electron chi connectivity index (χ0n) is 15.0. The van der Waals surface area contributed by atoms with Crippen LogP contribution in [0.4, 0.5) is 11.4 Å². The van der Waals surface area contributed by atoms with Crippen molar-refractivity contribution in [1.29, 1.82) is 0 Å². The fraction of sp³-hybridized carbons (Fsp3) is 0.400. The molecule has 1 aliphatic rings. The fourth-order valence-corrected chi connectivity index (χ4v) is 3.96. The van der Waals surface area contributed by atoms with Crippen LogP contribution < -0.4 is 10.2 Å². The van der Waals surface area contributed by atoms with E-state index in [1.165, 1.54) is 12.0 Å². The molecule has 6 heteroatoms. The summed E-state index contributed by atoms with van der Waals surface area (Å²) in [6.45, 7) is 1.94. The van der Waals surface area contributed by atoms with Gasteiger partial charge in [0.1, 0.15) is 0 Å². The lowest BCUT2D eigenvalue weighted by Gasteiger charge is -2.22. The summed E-state index contributed by atoms with van der Waals surface area (Å²) in [6, 6.07) is 9.50. The molecule has 1 amide bonds. The highest BCUT2D eigenvalue weighted by Crippen LogP contribution is 2.30. The molecular weight excluding hydrogens is 348 g/mol. The molecule has 5 nitrogen and oxygen atoms in total. The number of nitrogens with zero attached hydrogens (tertiary/aromatic N) is 1. The van der Waals surface area contributed by atoms with E-state index in [9.17, 15) is 9.59 Å². The van der Waals surface area contributed by atoms with Crippen LogP contribution in [-0.4, -0.2) is 32.1 Å². The molecule has 0 saturated carbocycles. The average molecular weight is 372 g/mol. The van der Waals surface area contributed by atoms with Crippen molar-refractivity contribution in [3.05, 3.63) is 46.2 Å². The van der Waals surface area contributed by atoms with Crippen molar-refractivity contribution < 1.29 is 14.3 Å². The summed E-state index contributed by atoms with van der Waals surface area (Å²) >= 11 is 1.72. The first-order valence-electron chi connectivity index (χ1n) is 8.97. The Bertz CT molecular complexity index is 752. The summed E-state index contributed by atoms with van der Waals surface area (Å²) in [5.41, 5.74) is 2.11. The summed E-state index contributed by atoms with van der Waals surface area (Å²) in [5, 5.41) is 5.05. The monoisotopic (exact) mass is 372 g/mol. The number of aryl methyl sites for hydroxylation is 1. The number of anilines is 2. The number of thiophene rings is 1. The lowest BCUT2D eigenvalue weighted by Crippen LogP contribution is -2.21. The van der Waals surface area contributed by atoms with Gasteiger partial charge in [-0.3, -0.25) is 4.79 Å². The third kappa shape index (κ3) is 4.64. The van der Waals surface area contributed by atoms with Crippen molar-refractivity contribution in [3.8, 4) is 0 Å². The molecule has 0 unspecified atom stereocenters. The van der Waals surface area contributed by atoms with E-state index < -0.39 is 5.97 Å². The predicted octanol–water partition coefficient (Wildman–Crippen LogP) is 4.10. The molecule has 1 N–H and O–H groups in total. The van der Waals surface area contributed by atoms with Crippen LogP contribution in [0.1, 0.15) is 40.9 Å². The van der Waals surface area contributed by atoms with E-state index in [0.717, 1.165) is 44.5 Å². The van der Waals surface area contributed by atoms with E-state index >= 15 is 0 Å². The second-order valence-corrected chi connectivity index (χ2v) is 7.43. The summed E-state index contributed by atoms with van der Waals surface area (Å²) in [6.07, 6.45) is 4.47. The van der Waals surface area contributed by atoms with E-state index in [2.05, 4.69) is 21.7 Å². The Kier molecular flexibility index (Phi) is 6.28. The maximum atomic E-state index is 12.4. The van der Waals surface area contributed by atoms with Crippen molar-refractivity contribution in [2.45, 2.75) is 32.1 Å². The van der Waals surface area contributed by atoms with Crippen LogP contribution in [-0.2, 0) is 16.0 Å². The van der Waals surface area contributed by atoms with Gasteiger partial charge in [-0.2, -0.15) is 0 Å². The summed E-state index contributed by atoms with van der Waals surface area (Å²) < 4.78 is 4.80. The van der Waals surface area contributed by atoms with Crippen molar-refractivity contribution in [1.82, 2.24) is 0 Å². The van der Waals surface area contributed by atoms with Gasteiger partial charge < -0.3 is 15.0 Å². The van der Waals surface area contributed by atoms with Gasteiger partial charge in [-0.1, -0.05) is 6.07 Å². The zero-order valence-corrected chi connectivity index (χ0v) is 15.8. The first-order valence-corrected chi connectivity index (χ1v) is 9.85. The van der Waals surface area contributed by atoms with Gasteiger partial charge in [0.15, 0.2) is 0 Å². The Morgan fingerprint density at radius 1 is 1.23 bits per heavy atom. The molecule has 2 heterocycles. The summed E-state index contributed by atoms with van der Waals surface area (Å²) in [5.74, 6) is -0.421. The van der Waals surface area contributed by atoms with Crippen LogP contribution in [0.5, 0.6) is 0 Å². The predicted molar refractivity (Wildman–Crippen MR) is 105 cm³/mol. The molecule has 0 bridgehead atoms. The van der Waals surface area contributed by atoms with Crippen LogP contribution in [0.2, 0.25) is 0 Å². The zero-order chi connectivity index (χ0) is 18.4. The molecule has 0 aliphatic carbocycles. The second kappa shape index (κ2) is 8.85. The third-order valence-electron chi connectivity index (χ3n) is 4.55. The fourth-order valence-electron chi connectivity index (χ4n) is 3.21. The highest BCUT2D eigenvalue weighted by molar-refractivity contribution is 7.09. The lowest BCUT2D eigenvalue weighted by atomic mass is 10.1. The molecule has 1 aliphatic heterocycles. The molecule has 1 aromatic carbocycles. The van der Waals surface area contributed by atoms with Crippen LogP contribution in [0.3, 0.4) is 0 Å². The smallest absolute Gasteiger partial charge is 0.337 e. The van der Waals surface area contributed by atoms with Crippen molar-refractivity contribution >= 4 is 34.6 Å². The number of carbonyl (C=O) groups is 2. The number of amides is 1. The van der Waals surface area contributed by atoms with Crippen LogP contribution >= 0.6 is 11.3 Å². The Morgan fingerprint density at radius 2 is 2.04 bits per heavy atom. The molecule has 2 aromatic rings. The minimum atomic E-state index is -0.397. The maximum Gasteiger partial charge on any atom is 0.337 e. The minimum absolute atomic E-state index is 0.0241. The molecule has 3 rings (SSSR count). The number of benzene rings is 1. The third-order valence-corrected chi connectivity index (χ3v) is 5.48. The van der Waals surface area contributed by atoms with Gasteiger partial charge in [0, 0.05) is 24.4 Å². The van der Waals surface area contributed by atoms with E-state index in [0.29, 0.717) is 17.7 Å². The van der Waals surface area contributed by atoms with Gasteiger partial charge in [-0.05, 0) is 55.3 Å². The Balaban J connectivity index is 1.68. The Labute approximate surface area is 158 Å². The van der Waals surface area contributed by atoms with E-state index in [1.54, 1.807) is 23.5 Å². The normalized spacial score (nSPS) is 13.7. The van der Waals surface area contributed by atoms with Gasteiger partial charge in [0.25, 0.3) is 0 Å². The van der Waals surface area contributed by atoms with Crippen molar-refractivity contribution in [2.24, 2.45) is 0 Å². The first kappa shape index (κ1) is 18.5. The van der Waals surface area contributed by atoms with Crippen molar-refractivity contribution in [2.75, 3.05) is 30.4 Å². The van der Waals surface area contributed by atoms with Gasteiger partial charge in [-0.15, -0.1) is 11.3 Å². The lowest BCUT2D eigenvalue weighted by molar-refractivity contribution is -0.116. The number of hydrogen-bond acceptors (Lipinski definition) is 5. The topological polar surface area (TPSA) is 58.6 Å². The van der Waals surface area contributed by atoms with Crippen molar-refractivity contribution in [3.63, 3.8) is 0 Å². The van der Waals surface area contributed by atoms with Crippen LogP contribution in [0, 0.1) is 0 Å². The van der Waals surface area contributed by atoms with Gasteiger partial charge in [-0.25, -0.2) is 4.79 Å². The second-order valence-electron chi connectivity index (χ2n) is 6.40. The molecule has 26 heavy (non-hydrogen) atoms. The number of rotatable bonds is 7. The van der Waals surface area contributed by atoms with E-state index in [1.807, 2.05) is 12.1 Å². The van der Waals surface area contributed by atoms with Gasteiger partial charge >= 0.3 is 5.97 Å². The number of carbonyl (C=O) groups excluding carboxylic acids is 2. The molecule has 0 atom stereocenters. The van der Waals surface area contributed by atoms with E-state index in [-0.39, 0.29) is 5.91 Å². The molecule has 1 fully saturated rings. The number of nitrogens with one attached hydrogen (secondary N) is 1. The molecule has 0 radical (unpaired) electrons. The molecular formula is C20H24N2O3S. The summed E-state index contributed by atoms with van der Waals surface area (Å²) in [7, 11) is 1.36. The number of methoxy groups -OCH3 is 1. The average Bonchev–Trinajstić information content (AvgIpc) is 3.35. The molecule has 0 spiro atoms. The first-order chi connectivity index (χ1) is 12.7. The maximum absolute atomic E-state index is 12.4. The quantitative estimate of drug-likeness (QED) is 0.744. The highest BCUT2D eigenvalue weighted by atomic mass is 32.1. The van der Waals surface area contributed by atoms with Gasteiger partial charge in [0.2, 0.25) is 5.91 Å². The standard InChI is InChI=1S/C20H24N2O3S/c1-25-20(24)15-9-10-18(22-11-2-3-12-22)17(14-15)21-19(23)8-4-6-16-7-5-13-26-16/h5,7,9-10,13-14H,2-4,6,8,11-12H2,1H3,(H,21,23). The van der Waals surface area contributed by atoms with Gasteiger partial charge in [0.05, 0.1) is 24.0 Å². The highest BCUT2D eigenvalue weighted by Gasteiger charge is 2.19. The molecule has 138 valence electrons. The molecule has 1 saturated heterocycles. The number of hydrogen-bond donors (Lipinski definition) is 1. The number of esters is 1.